The van der Waals surface area contributed by atoms with Crippen LogP contribution in [0.25, 0.3) is 0 Å². The molecule has 0 heterocycles. The lowest BCUT2D eigenvalue weighted by atomic mass is 10.0. The molecule has 0 fully saturated rings. The molecule has 98 valence electrons. The number of carbonyl (C=O) groups excluding carboxylic acids is 1. The zero-order chi connectivity index (χ0) is 13.4. The number of carboxylic acid groups (broad SMARTS) is 2. The van der Waals surface area contributed by atoms with Gasteiger partial charge in [0.05, 0.1) is 25.4 Å². The van der Waals surface area contributed by atoms with E-state index in [1.54, 1.807) is 0 Å². The summed E-state index contributed by atoms with van der Waals surface area (Å²) in [5.41, 5.74) is 0. The van der Waals surface area contributed by atoms with Crippen molar-refractivity contribution in [1.29, 1.82) is 0 Å². The van der Waals surface area contributed by atoms with E-state index in [4.69, 9.17) is 20.4 Å². The molecule has 0 aromatic carbocycles. The molecule has 1 unspecified atom stereocenters. The Morgan fingerprint density at radius 3 is 1.88 bits per heavy atom. The molecule has 0 aromatic rings. The van der Waals surface area contributed by atoms with Crippen molar-refractivity contribution >= 4 is 17.9 Å². The van der Waals surface area contributed by atoms with Crippen molar-refractivity contribution in [2.24, 2.45) is 5.92 Å². The largest absolute Gasteiger partial charge is 0.481 e. The van der Waals surface area contributed by atoms with E-state index in [1.165, 1.54) is 0 Å². The predicted molar refractivity (Wildman–Crippen MR) is 52.0 cm³/mol. The van der Waals surface area contributed by atoms with E-state index in [9.17, 15) is 14.4 Å². The Balaban J connectivity index is 4.31. The zero-order valence-electron chi connectivity index (χ0n) is 8.90. The number of hydrogen-bond donors (Lipinski definition) is 4. The van der Waals surface area contributed by atoms with E-state index in [-0.39, 0.29) is 0 Å². The number of ether oxygens (including phenoxy) is 1. The Morgan fingerprint density at radius 1 is 1.06 bits per heavy atom. The molecule has 0 aliphatic heterocycles. The van der Waals surface area contributed by atoms with Crippen LogP contribution in [0.2, 0.25) is 0 Å². The van der Waals surface area contributed by atoms with Crippen molar-refractivity contribution in [3.63, 3.8) is 0 Å². The molecule has 8 heteroatoms. The Kier molecular flexibility index (Phi) is 6.83. The monoisotopic (exact) mass is 250 g/mol. The Labute approximate surface area is 96.4 Å². The van der Waals surface area contributed by atoms with Crippen molar-refractivity contribution in [2.45, 2.75) is 18.9 Å². The van der Waals surface area contributed by atoms with Gasteiger partial charge in [0.1, 0.15) is 12.7 Å². The lowest BCUT2D eigenvalue weighted by Crippen LogP contribution is -2.28. The van der Waals surface area contributed by atoms with Gasteiger partial charge in [-0.05, 0) is 0 Å². The molecule has 0 saturated carbocycles. The van der Waals surface area contributed by atoms with Crippen LogP contribution in [0.4, 0.5) is 0 Å². The molecule has 8 nitrogen and oxygen atoms in total. The van der Waals surface area contributed by atoms with E-state index in [1.807, 2.05) is 0 Å². The molecule has 1 atom stereocenters. The van der Waals surface area contributed by atoms with E-state index >= 15 is 0 Å². The van der Waals surface area contributed by atoms with Crippen LogP contribution in [0.1, 0.15) is 12.8 Å². The first kappa shape index (κ1) is 15.3. The third-order valence-corrected chi connectivity index (χ3v) is 1.80. The van der Waals surface area contributed by atoms with Crippen molar-refractivity contribution < 1.29 is 39.5 Å². The summed E-state index contributed by atoms with van der Waals surface area (Å²) in [5, 5.41) is 34.3. The van der Waals surface area contributed by atoms with Gasteiger partial charge in [-0.3, -0.25) is 14.4 Å². The van der Waals surface area contributed by atoms with Crippen LogP contribution in [0.5, 0.6) is 0 Å². The summed E-state index contributed by atoms with van der Waals surface area (Å²) in [4.78, 5) is 32.1. The van der Waals surface area contributed by atoms with Gasteiger partial charge in [0, 0.05) is 0 Å². The fourth-order valence-electron chi connectivity index (χ4n) is 1.01. The van der Waals surface area contributed by atoms with Crippen LogP contribution in [0.3, 0.4) is 0 Å². The highest BCUT2D eigenvalue weighted by Crippen LogP contribution is 2.11. The van der Waals surface area contributed by atoms with Crippen LogP contribution in [-0.4, -0.2) is 57.7 Å². The number of esters is 1. The maximum Gasteiger partial charge on any atom is 0.310 e. The van der Waals surface area contributed by atoms with Gasteiger partial charge in [0.15, 0.2) is 0 Å². The number of aliphatic carboxylic acids is 2. The Hall–Kier alpha value is -1.67. The standard InChI is InChI=1S/C9H14O8/c10-3-6(11)4-17-9(16)5(1-7(12)13)2-8(14)15/h5-6,10-11H,1-4H2,(H,12,13)(H,14,15). The molecule has 17 heavy (non-hydrogen) atoms. The molecule has 0 rings (SSSR count). The lowest BCUT2D eigenvalue weighted by molar-refractivity contribution is -0.159. The summed E-state index contributed by atoms with van der Waals surface area (Å²) in [6.07, 6.45) is -2.60. The molecule has 0 aliphatic rings. The normalized spacial score (nSPS) is 12.2. The second-order valence-corrected chi connectivity index (χ2v) is 3.36. The minimum absolute atomic E-state index is 0.509. The zero-order valence-corrected chi connectivity index (χ0v) is 8.90. The summed E-state index contributed by atoms with van der Waals surface area (Å²) in [6, 6.07) is 0. The van der Waals surface area contributed by atoms with Crippen LogP contribution < -0.4 is 0 Å². The highest BCUT2D eigenvalue weighted by Gasteiger charge is 2.26. The van der Waals surface area contributed by atoms with Crippen molar-refractivity contribution in [2.75, 3.05) is 13.2 Å². The second kappa shape index (κ2) is 7.58. The van der Waals surface area contributed by atoms with Crippen LogP contribution in [0, 0.1) is 5.92 Å². The van der Waals surface area contributed by atoms with E-state index in [2.05, 4.69) is 4.74 Å². The number of carbonyl (C=O) groups is 3. The number of carboxylic acids is 2. The minimum atomic E-state index is -1.32. The molecule has 4 N–H and O–H groups in total. The molecule has 0 aliphatic carbocycles. The first-order chi connectivity index (χ1) is 7.86. The summed E-state index contributed by atoms with van der Waals surface area (Å²) < 4.78 is 4.48. The highest BCUT2D eigenvalue weighted by atomic mass is 16.5. The summed E-state index contributed by atoms with van der Waals surface area (Å²) in [6.45, 7) is -1.12. The van der Waals surface area contributed by atoms with Crippen molar-refractivity contribution in [3.8, 4) is 0 Å². The maximum absolute atomic E-state index is 11.3. The number of aliphatic hydroxyl groups excluding tert-OH is 2. The van der Waals surface area contributed by atoms with Crippen LogP contribution in [-0.2, 0) is 19.1 Å². The Morgan fingerprint density at radius 2 is 1.53 bits per heavy atom. The molecular weight excluding hydrogens is 236 g/mol. The Bertz CT molecular complexity index is 271. The van der Waals surface area contributed by atoms with Crippen molar-refractivity contribution in [1.82, 2.24) is 0 Å². The average Bonchev–Trinajstić information content (AvgIpc) is 2.23. The van der Waals surface area contributed by atoms with Gasteiger partial charge in [-0.15, -0.1) is 0 Å². The summed E-state index contributed by atoms with van der Waals surface area (Å²) in [7, 11) is 0. The van der Waals surface area contributed by atoms with Crippen molar-refractivity contribution in [3.05, 3.63) is 0 Å². The van der Waals surface area contributed by atoms with Gasteiger partial charge in [-0.1, -0.05) is 0 Å². The maximum atomic E-state index is 11.3. The fraction of sp³-hybridized carbons (Fsp3) is 0.667. The number of rotatable bonds is 8. The molecule has 0 spiro atoms. The minimum Gasteiger partial charge on any atom is -0.481 e. The van der Waals surface area contributed by atoms with Gasteiger partial charge in [-0.2, -0.15) is 0 Å². The topological polar surface area (TPSA) is 141 Å². The van der Waals surface area contributed by atoms with E-state index < -0.39 is 56.0 Å². The second-order valence-electron chi connectivity index (χ2n) is 3.36. The SMILES string of the molecule is O=C(O)CC(CC(=O)O)C(=O)OCC(O)CO. The van der Waals surface area contributed by atoms with E-state index in [0.29, 0.717) is 0 Å². The van der Waals surface area contributed by atoms with Gasteiger partial charge in [-0.25, -0.2) is 0 Å². The first-order valence-electron chi connectivity index (χ1n) is 4.76. The lowest BCUT2D eigenvalue weighted by Gasteiger charge is -2.13. The van der Waals surface area contributed by atoms with Crippen LogP contribution >= 0.6 is 0 Å². The van der Waals surface area contributed by atoms with Gasteiger partial charge in [0.25, 0.3) is 0 Å². The highest BCUT2D eigenvalue weighted by molar-refractivity contribution is 5.83. The molecule has 0 aromatic heterocycles. The predicted octanol–water partition coefficient (Wildman–Crippen LogP) is -1.55. The summed E-state index contributed by atoms with van der Waals surface area (Å²) >= 11 is 0. The molecule has 0 radical (unpaired) electrons. The first-order valence-corrected chi connectivity index (χ1v) is 4.76. The van der Waals surface area contributed by atoms with Gasteiger partial charge < -0.3 is 25.2 Å². The smallest absolute Gasteiger partial charge is 0.310 e. The quantitative estimate of drug-likeness (QED) is 0.379. The van der Waals surface area contributed by atoms with Gasteiger partial charge >= 0.3 is 17.9 Å². The summed E-state index contributed by atoms with van der Waals surface area (Å²) in [5.74, 6) is -4.98. The number of aliphatic hydroxyl groups is 2. The van der Waals surface area contributed by atoms with Crippen LogP contribution in [0.15, 0.2) is 0 Å². The number of hydrogen-bond acceptors (Lipinski definition) is 6. The molecule has 0 saturated heterocycles. The average molecular weight is 250 g/mol. The van der Waals surface area contributed by atoms with Gasteiger partial charge in [0.2, 0.25) is 0 Å². The third-order valence-electron chi connectivity index (χ3n) is 1.80. The third kappa shape index (κ3) is 7.25. The van der Waals surface area contributed by atoms with E-state index in [0.717, 1.165) is 0 Å². The molecule has 0 amide bonds. The molecular formula is C9H14O8. The molecule has 0 bridgehead atoms. The fourth-order valence-corrected chi connectivity index (χ4v) is 1.01.